The second-order valence-electron chi connectivity index (χ2n) is 7.61. The van der Waals surface area contributed by atoms with Crippen LogP contribution in [0.25, 0.3) is 10.1 Å². The number of ether oxygens (including phenoxy) is 2. The first-order valence-corrected chi connectivity index (χ1v) is 10.4. The van der Waals surface area contributed by atoms with Gasteiger partial charge in [0.25, 0.3) is 5.91 Å². The van der Waals surface area contributed by atoms with Crippen molar-refractivity contribution in [2.45, 2.75) is 26.4 Å². The van der Waals surface area contributed by atoms with E-state index >= 15 is 0 Å². The Kier molecular flexibility index (Phi) is 6.89. The van der Waals surface area contributed by atoms with Gasteiger partial charge >= 0.3 is 5.97 Å². The average molecular weight is 428 g/mol. The molecule has 0 aliphatic heterocycles. The fourth-order valence-electron chi connectivity index (χ4n) is 2.69. The van der Waals surface area contributed by atoms with Gasteiger partial charge in [-0.1, -0.05) is 12.1 Å². The zero-order valence-corrected chi connectivity index (χ0v) is 18.0. The summed E-state index contributed by atoms with van der Waals surface area (Å²) in [6, 6.07) is 14.6. The highest BCUT2D eigenvalue weighted by molar-refractivity contribution is 7.13. The van der Waals surface area contributed by atoms with Crippen molar-refractivity contribution in [2.75, 3.05) is 25.0 Å². The molecule has 2 N–H and O–H groups in total. The minimum atomic E-state index is -0.552. The van der Waals surface area contributed by atoms with Crippen LogP contribution in [0.2, 0.25) is 0 Å². The molecule has 0 atom stereocenters. The Morgan fingerprint density at radius 1 is 1.03 bits per heavy atom. The molecular formula is C22H25N3O4S. The Balaban J connectivity index is 1.41. The van der Waals surface area contributed by atoms with Crippen molar-refractivity contribution in [3.8, 4) is 5.75 Å². The van der Waals surface area contributed by atoms with Crippen LogP contribution in [0, 0.1) is 0 Å². The highest BCUT2D eigenvalue weighted by Gasteiger charge is 2.16. The zero-order valence-electron chi connectivity index (χ0n) is 17.2. The van der Waals surface area contributed by atoms with Crippen LogP contribution in [-0.2, 0) is 9.53 Å². The van der Waals surface area contributed by atoms with E-state index in [-0.39, 0.29) is 12.5 Å². The van der Waals surface area contributed by atoms with Crippen molar-refractivity contribution in [1.82, 2.24) is 9.69 Å². The molecule has 0 bridgehead atoms. The summed E-state index contributed by atoms with van der Waals surface area (Å²) in [4.78, 5) is 24.0. The summed E-state index contributed by atoms with van der Waals surface area (Å²) in [5.74, 6) is 0.703. The number of nitrogens with one attached hydrogen (secondary N) is 2. The first-order chi connectivity index (χ1) is 14.3. The van der Waals surface area contributed by atoms with Gasteiger partial charge in [0.15, 0.2) is 6.61 Å². The number of rotatable bonds is 8. The molecule has 0 aliphatic carbocycles. The van der Waals surface area contributed by atoms with Gasteiger partial charge in [0.1, 0.15) is 17.2 Å². The maximum atomic E-state index is 12.3. The number of fused-ring (bicyclic) bond motifs is 1. The molecule has 0 aliphatic rings. The summed E-state index contributed by atoms with van der Waals surface area (Å²) in [6.07, 6.45) is 0. The molecule has 0 fully saturated rings. The Morgan fingerprint density at radius 3 is 2.50 bits per heavy atom. The Bertz CT molecular complexity index is 1010. The van der Waals surface area contributed by atoms with E-state index in [1.54, 1.807) is 45.0 Å². The van der Waals surface area contributed by atoms with Crippen LogP contribution >= 0.6 is 11.5 Å². The van der Waals surface area contributed by atoms with Crippen LogP contribution in [-0.4, -0.2) is 41.5 Å². The van der Waals surface area contributed by atoms with Gasteiger partial charge in [-0.25, -0.2) is 4.79 Å². The number of esters is 1. The first kappa shape index (κ1) is 21.6. The zero-order chi connectivity index (χ0) is 21.6. The minimum Gasteiger partial charge on any atom is -0.482 e. The number of carbonyl (C=O) groups is 2. The Hall–Kier alpha value is -3.13. The van der Waals surface area contributed by atoms with E-state index in [2.05, 4.69) is 15.0 Å². The lowest BCUT2D eigenvalue weighted by molar-refractivity contribution is -0.157. The van der Waals surface area contributed by atoms with Crippen LogP contribution in [0.15, 0.2) is 48.5 Å². The van der Waals surface area contributed by atoms with Gasteiger partial charge < -0.3 is 20.1 Å². The lowest BCUT2D eigenvalue weighted by Gasteiger charge is -2.19. The lowest BCUT2D eigenvalue weighted by Crippen LogP contribution is -2.28. The number of carbonyl (C=O) groups excluding carboxylic acids is 2. The fraction of sp³-hybridized carbons (Fsp3) is 0.318. The monoisotopic (exact) mass is 427 g/mol. The lowest BCUT2D eigenvalue weighted by atomic mass is 10.2. The number of amides is 1. The van der Waals surface area contributed by atoms with Crippen molar-refractivity contribution < 1.29 is 19.1 Å². The van der Waals surface area contributed by atoms with Crippen LogP contribution in [0.4, 0.5) is 5.82 Å². The molecule has 7 nitrogen and oxygen atoms in total. The molecule has 2 aromatic carbocycles. The van der Waals surface area contributed by atoms with Crippen LogP contribution in [0.1, 0.15) is 31.1 Å². The van der Waals surface area contributed by atoms with Gasteiger partial charge in [-0.15, -0.1) is 0 Å². The van der Waals surface area contributed by atoms with E-state index < -0.39 is 11.6 Å². The highest BCUT2D eigenvalue weighted by atomic mass is 32.1. The third-order valence-corrected chi connectivity index (χ3v) is 4.80. The molecule has 1 amide bonds. The Labute approximate surface area is 179 Å². The number of hydrogen-bond donors (Lipinski definition) is 2. The molecule has 0 saturated carbocycles. The largest absolute Gasteiger partial charge is 0.482 e. The van der Waals surface area contributed by atoms with Gasteiger partial charge in [-0.05, 0) is 68.7 Å². The molecule has 158 valence electrons. The van der Waals surface area contributed by atoms with Crippen molar-refractivity contribution >= 4 is 39.3 Å². The molecule has 1 heterocycles. The molecule has 1 aromatic heterocycles. The van der Waals surface area contributed by atoms with Crippen molar-refractivity contribution in [1.29, 1.82) is 0 Å². The van der Waals surface area contributed by atoms with E-state index in [1.807, 2.05) is 24.3 Å². The maximum Gasteiger partial charge on any atom is 0.344 e. The molecule has 0 spiro atoms. The smallest absolute Gasteiger partial charge is 0.344 e. The standard InChI is InChI=1S/C22H25N3O4S/c1-22(2,3)29-19(26)14-28-16-10-8-15(9-11-16)21(27)24-13-12-23-20-17-6-4-5-7-18(17)30-25-20/h4-11H,12-14H2,1-3H3,(H,23,25)(H,24,27). The van der Waals surface area contributed by atoms with Gasteiger partial charge in [0.05, 0.1) is 4.70 Å². The summed E-state index contributed by atoms with van der Waals surface area (Å²) in [6.45, 7) is 6.24. The molecule has 3 aromatic rings. The van der Waals surface area contributed by atoms with Crippen LogP contribution in [0.3, 0.4) is 0 Å². The summed E-state index contributed by atoms with van der Waals surface area (Å²) in [5, 5.41) is 7.19. The third-order valence-electron chi connectivity index (χ3n) is 3.97. The molecule has 0 radical (unpaired) electrons. The molecule has 0 unspecified atom stereocenters. The predicted molar refractivity (Wildman–Crippen MR) is 118 cm³/mol. The minimum absolute atomic E-state index is 0.181. The first-order valence-electron chi connectivity index (χ1n) is 9.63. The quantitative estimate of drug-likeness (QED) is 0.419. The Morgan fingerprint density at radius 2 is 1.77 bits per heavy atom. The van der Waals surface area contributed by atoms with E-state index in [0.717, 1.165) is 15.9 Å². The summed E-state index contributed by atoms with van der Waals surface area (Å²) >= 11 is 1.44. The summed E-state index contributed by atoms with van der Waals surface area (Å²) in [7, 11) is 0. The highest BCUT2D eigenvalue weighted by Crippen LogP contribution is 2.25. The molecular weight excluding hydrogens is 402 g/mol. The van der Waals surface area contributed by atoms with Crippen molar-refractivity contribution in [3.05, 3.63) is 54.1 Å². The van der Waals surface area contributed by atoms with Crippen LogP contribution in [0.5, 0.6) is 5.75 Å². The number of anilines is 1. The summed E-state index contributed by atoms with van der Waals surface area (Å²) < 4.78 is 16.1. The van der Waals surface area contributed by atoms with E-state index in [4.69, 9.17) is 9.47 Å². The van der Waals surface area contributed by atoms with Crippen LogP contribution < -0.4 is 15.4 Å². The summed E-state index contributed by atoms with van der Waals surface area (Å²) in [5.41, 5.74) is -0.0390. The predicted octanol–water partition coefficient (Wildman–Crippen LogP) is 3.86. The van der Waals surface area contributed by atoms with Gasteiger partial charge in [-0.2, -0.15) is 4.37 Å². The third kappa shape index (κ3) is 6.18. The van der Waals surface area contributed by atoms with Gasteiger partial charge in [0, 0.05) is 24.0 Å². The molecule has 30 heavy (non-hydrogen) atoms. The fourth-order valence-corrected chi connectivity index (χ4v) is 3.44. The maximum absolute atomic E-state index is 12.3. The number of hydrogen-bond acceptors (Lipinski definition) is 7. The SMILES string of the molecule is CC(C)(C)OC(=O)COc1ccc(C(=O)NCCNc2nsc3ccccc23)cc1. The normalized spacial score (nSPS) is 11.2. The second-order valence-corrected chi connectivity index (χ2v) is 8.41. The average Bonchev–Trinajstić information content (AvgIpc) is 3.12. The topological polar surface area (TPSA) is 89.5 Å². The number of benzene rings is 2. The van der Waals surface area contributed by atoms with Crippen molar-refractivity contribution in [2.24, 2.45) is 0 Å². The van der Waals surface area contributed by atoms with E-state index in [1.165, 1.54) is 11.5 Å². The molecule has 8 heteroatoms. The number of aromatic nitrogens is 1. The molecule has 0 saturated heterocycles. The van der Waals surface area contributed by atoms with Gasteiger partial charge in [0.2, 0.25) is 0 Å². The molecule has 3 rings (SSSR count). The van der Waals surface area contributed by atoms with Crippen molar-refractivity contribution in [3.63, 3.8) is 0 Å². The van der Waals surface area contributed by atoms with E-state index in [9.17, 15) is 9.59 Å². The number of nitrogens with zero attached hydrogens (tertiary/aromatic N) is 1. The second kappa shape index (κ2) is 9.58. The van der Waals surface area contributed by atoms with E-state index in [0.29, 0.717) is 24.4 Å². The van der Waals surface area contributed by atoms with Gasteiger partial charge in [-0.3, -0.25) is 4.79 Å².